The zero-order valence-electron chi connectivity index (χ0n) is 9.66. The van der Waals surface area contributed by atoms with Crippen LogP contribution >= 0.6 is 0 Å². The van der Waals surface area contributed by atoms with Gasteiger partial charge in [-0.3, -0.25) is 4.79 Å². The number of benzene rings is 1. The second-order valence-corrected chi connectivity index (χ2v) is 3.53. The molecule has 1 aromatic heterocycles. The number of aromatic carboxylic acids is 1. The summed E-state index contributed by atoms with van der Waals surface area (Å²) in [6, 6.07) is 4.65. The number of carboxylic acid groups (broad SMARTS) is 1. The Labute approximate surface area is 102 Å². The number of para-hydroxylation sites is 1. The van der Waals surface area contributed by atoms with E-state index in [1.54, 1.807) is 19.1 Å². The molecule has 0 unspecified atom stereocenters. The molecule has 2 rings (SSSR count). The number of esters is 1. The maximum Gasteiger partial charge on any atom is 0.337 e. The number of fused-ring (bicyclic) bond motifs is 1. The van der Waals surface area contributed by atoms with E-state index in [1.807, 2.05) is 0 Å². The molecular weight excluding hydrogens is 238 g/mol. The zero-order chi connectivity index (χ0) is 13.1. The number of rotatable bonds is 4. The monoisotopic (exact) mass is 249 g/mol. The van der Waals surface area contributed by atoms with Crippen LogP contribution in [0.1, 0.15) is 17.3 Å². The van der Waals surface area contributed by atoms with Crippen LogP contribution in [0.25, 0.3) is 11.0 Å². The molecule has 1 heterocycles. The molecule has 2 aromatic rings. The molecule has 0 spiro atoms. The minimum absolute atomic E-state index is 0.0572. The quantitative estimate of drug-likeness (QED) is 0.801. The van der Waals surface area contributed by atoms with Crippen LogP contribution in [0.15, 0.2) is 18.2 Å². The molecule has 0 saturated heterocycles. The molecule has 0 aliphatic rings. The SMILES string of the molecule is CCOC(=O)Cn1nnc2cccc(C(=O)O)c21. The van der Waals surface area contributed by atoms with Crippen LogP contribution in [0.2, 0.25) is 0 Å². The summed E-state index contributed by atoms with van der Waals surface area (Å²) in [4.78, 5) is 22.5. The number of ether oxygens (including phenoxy) is 1. The van der Waals surface area contributed by atoms with Crippen LogP contribution < -0.4 is 0 Å². The average molecular weight is 249 g/mol. The highest BCUT2D eigenvalue weighted by molar-refractivity contribution is 6.01. The van der Waals surface area contributed by atoms with Gasteiger partial charge in [-0.15, -0.1) is 5.10 Å². The van der Waals surface area contributed by atoms with E-state index in [4.69, 9.17) is 9.84 Å². The normalized spacial score (nSPS) is 10.5. The Hall–Kier alpha value is -2.44. The lowest BCUT2D eigenvalue weighted by Gasteiger charge is -2.04. The second-order valence-electron chi connectivity index (χ2n) is 3.53. The number of carboxylic acids is 1. The van der Waals surface area contributed by atoms with Gasteiger partial charge in [0.2, 0.25) is 0 Å². The van der Waals surface area contributed by atoms with Gasteiger partial charge >= 0.3 is 11.9 Å². The summed E-state index contributed by atoms with van der Waals surface area (Å²) in [6.07, 6.45) is 0. The fourth-order valence-corrected chi connectivity index (χ4v) is 1.64. The fraction of sp³-hybridized carbons (Fsp3) is 0.273. The molecule has 7 heteroatoms. The molecule has 0 saturated carbocycles. The van der Waals surface area contributed by atoms with E-state index < -0.39 is 11.9 Å². The van der Waals surface area contributed by atoms with E-state index in [1.165, 1.54) is 10.7 Å². The van der Waals surface area contributed by atoms with Gasteiger partial charge in [-0.1, -0.05) is 11.3 Å². The van der Waals surface area contributed by atoms with Crippen LogP contribution in [0.5, 0.6) is 0 Å². The molecule has 0 fully saturated rings. The highest BCUT2D eigenvalue weighted by Gasteiger charge is 2.16. The minimum atomic E-state index is -1.09. The molecule has 1 aromatic carbocycles. The Balaban J connectivity index is 2.45. The smallest absolute Gasteiger partial charge is 0.337 e. The molecule has 0 aliphatic heterocycles. The molecule has 7 nitrogen and oxygen atoms in total. The minimum Gasteiger partial charge on any atom is -0.478 e. The lowest BCUT2D eigenvalue weighted by molar-refractivity contribution is -0.143. The number of aromatic nitrogens is 3. The predicted molar refractivity (Wildman–Crippen MR) is 61.1 cm³/mol. The van der Waals surface area contributed by atoms with Crippen molar-refractivity contribution in [2.45, 2.75) is 13.5 Å². The Morgan fingerprint density at radius 1 is 1.44 bits per heavy atom. The Kier molecular flexibility index (Phi) is 3.22. The van der Waals surface area contributed by atoms with Crippen molar-refractivity contribution in [3.05, 3.63) is 23.8 Å². The Bertz CT molecular complexity index is 605. The lowest BCUT2D eigenvalue weighted by atomic mass is 10.2. The first-order chi connectivity index (χ1) is 8.63. The maximum atomic E-state index is 11.4. The van der Waals surface area contributed by atoms with E-state index in [9.17, 15) is 9.59 Å². The van der Waals surface area contributed by atoms with E-state index in [0.717, 1.165) is 0 Å². The summed E-state index contributed by atoms with van der Waals surface area (Å²) in [5.74, 6) is -1.57. The predicted octanol–water partition coefficient (Wildman–Crippen LogP) is 0.693. The van der Waals surface area contributed by atoms with E-state index in [0.29, 0.717) is 11.0 Å². The van der Waals surface area contributed by atoms with Gasteiger partial charge in [0, 0.05) is 0 Å². The maximum absolute atomic E-state index is 11.4. The van der Waals surface area contributed by atoms with Crippen molar-refractivity contribution in [1.82, 2.24) is 15.0 Å². The molecule has 0 atom stereocenters. The number of carbonyl (C=O) groups is 2. The van der Waals surface area contributed by atoms with Crippen molar-refractivity contribution in [2.24, 2.45) is 0 Å². The van der Waals surface area contributed by atoms with Gasteiger partial charge in [0.1, 0.15) is 17.6 Å². The van der Waals surface area contributed by atoms with E-state index >= 15 is 0 Å². The van der Waals surface area contributed by atoms with Gasteiger partial charge < -0.3 is 9.84 Å². The second kappa shape index (κ2) is 4.82. The van der Waals surface area contributed by atoms with Crippen LogP contribution in [-0.2, 0) is 16.1 Å². The van der Waals surface area contributed by atoms with Crippen molar-refractivity contribution in [1.29, 1.82) is 0 Å². The van der Waals surface area contributed by atoms with Crippen molar-refractivity contribution in [3.8, 4) is 0 Å². The molecular formula is C11H11N3O4. The summed E-state index contributed by atoms with van der Waals surface area (Å²) in [5, 5.41) is 16.7. The zero-order valence-corrected chi connectivity index (χ0v) is 9.66. The number of nitrogens with zero attached hydrogens (tertiary/aromatic N) is 3. The summed E-state index contributed by atoms with van der Waals surface area (Å²) in [7, 11) is 0. The number of carbonyl (C=O) groups excluding carboxylic acids is 1. The molecule has 0 radical (unpaired) electrons. The van der Waals surface area contributed by atoms with Crippen LogP contribution in [0.3, 0.4) is 0 Å². The van der Waals surface area contributed by atoms with E-state index in [-0.39, 0.29) is 18.7 Å². The van der Waals surface area contributed by atoms with Gasteiger partial charge in [-0.05, 0) is 19.1 Å². The van der Waals surface area contributed by atoms with Crippen molar-refractivity contribution < 1.29 is 19.4 Å². The van der Waals surface area contributed by atoms with E-state index in [2.05, 4.69) is 10.3 Å². The summed E-state index contributed by atoms with van der Waals surface area (Å²) >= 11 is 0. The van der Waals surface area contributed by atoms with Crippen molar-refractivity contribution in [2.75, 3.05) is 6.61 Å². The molecule has 1 N–H and O–H groups in total. The summed E-state index contributed by atoms with van der Waals surface area (Å²) in [6.45, 7) is 1.80. The van der Waals surface area contributed by atoms with Crippen LogP contribution in [0.4, 0.5) is 0 Å². The largest absolute Gasteiger partial charge is 0.478 e. The van der Waals surface area contributed by atoms with Gasteiger partial charge in [0.25, 0.3) is 0 Å². The average Bonchev–Trinajstić information content (AvgIpc) is 2.72. The third kappa shape index (κ3) is 2.15. The third-order valence-electron chi connectivity index (χ3n) is 2.35. The van der Waals surface area contributed by atoms with Gasteiger partial charge in [-0.25, -0.2) is 9.48 Å². The van der Waals surface area contributed by atoms with Crippen molar-refractivity contribution >= 4 is 23.0 Å². The molecule has 0 aliphatic carbocycles. The van der Waals surface area contributed by atoms with Gasteiger partial charge in [-0.2, -0.15) is 0 Å². The van der Waals surface area contributed by atoms with Gasteiger partial charge in [0.05, 0.1) is 12.2 Å². The first-order valence-corrected chi connectivity index (χ1v) is 5.34. The standard InChI is InChI=1S/C11H11N3O4/c1-2-18-9(15)6-14-10-7(11(16)17)4-3-5-8(10)12-13-14/h3-5H,2,6H2,1H3,(H,16,17). The topological polar surface area (TPSA) is 94.3 Å². The summed E-state index contributed by atoms with van der Waals surface area (Å²) < 4.78 is 6.02. The molecule has 94 valence electrons. The third-order valence-corrected chi connectivity index (χ3v) is 2.35. The molecule has 0 bridgehead atoms. The first kappa shape index (κ1) is 12.0. The van der Waals surface area contributed by atoms with Gasteiger partial charge in [0.15, 0.2) is 0 Å². The Morgan fingerprint density at radius 3 is 2.89 bits per heavy atom. The molecule has 18 heavy (non-hydrogen) atoms. The lowest BCUT2D eigenvalue weighted by Crippen LogP contribution is -2.15. The van der Waals surface area contributed by atoms with Crippen LogP contribution in [-0.4, -0.2) is 38.6 Å². The van der Waals surface area contributed by atoms with Crippen molar-refractivity contribution in [3.63, 3.8) is 0 Å². The number of hydrogen-bond donors (Lipinski definition) is 1. The molecule has 0 amide bonds. The Morgan fingerprint density at radius 2 is 2.22 bits per heavy atom. The fourth-order valence-electron chi connectivity index (χ4n) is 1.64. The first-order valence-electron chi connectivity index (χ1n) is 5.34. The van der Waals surface area contributed by atoms with Crippen LogP contribution in [0, 0.1) is 0 Å². The summed E-state index contributed by atoms with van der Waals surface area (Å²) in [5.41, 5.74) is 0.805. The number of hydrogen-bond acceptors (Lipinski definition) is 5. The highest BCUT2D eigenvalue weighted by Crippen LogP contribution is 2.16. The highest BCUT2D eigenvalue weighted by atomic mass is 16.5.